The normalized spacial score (nSPS) is 24.5. The van der Waals surface area contributed by atoms with Crippen LogP contribution in [0.25, 0.3) is 0 Å². The van der Waals surface area contributed by atoms with E-state index in [1.165, 1.54) is 7.11 Å². The van der Waals surface area contributed by atoms with Gasteiger partial charge in [0.1, 0.15) is 12.9 Å². The van der Waals surface area contributed by atoms with E-state index in [0.29, 0.717) is 40.8 Å². The first-order valence-corrected chi connectivity index (χ1v) is 11.6. The van der Waals surface area contributed by atoms with Gasteiger partial charge in [0.15, 0.2) is 15.6 Å². The predicted molar refractivity (Wildman–Crippen MR) is 112 cm³/mol. The van der Waals surface area contributed by atoms with Crippen LogP contribution in [-0.4, -0.2) is 58.4 Å². The van der Waals surface area contributed by atoms with Crippen LogP contribution in [0.5, 0.6) is 0 Å². The van der Waals surface area contributed by atoms with Gasteiger partial charge in [-0.25, -0.2) is 8.42 Å². The average molecular weight is 437 g/mol. The molecule has 8 nitrogen and oxygen atoms in total. The molecule has 0 saturated heterocycles. The van der Waals surface area contributed by atoms with E-state index in [1.54, 1.807) is 27.0 Å². The van der Waals surface area contributed by atoms with E-state index in [4.69, 9.17) is 9.57 Å². The standard InChI is InChI=1S/C21H28N2O6S/c1-12-10-14(20(25)19-15(22-11-28-3)6-5-7-17(19)24)13(2)18-16(23-29-4)8-9-30(26,27)21(12)18/h10,15,19,22H,5-9,11H2,1-4H3. The Bertz CT molecular complexity index is 999. The Labute approximate surface area is 176 Å². The third-order valence-electron chi connectivity index (χ3n) is 5.86. The third kappa shape index (κ3) is 4.06. The van der Waals surface area contributed by atoms with Crippen LogP contribution in [0.15, 0.2) is 16.1 Å². The molecule has 9 heteroatoms. The number of ketones is 2. The summed E-state index contributed by atoms with van der Waals surface area (Å²) >= 11 is 0. The molecular formula is C21H28N2O6S. The number of rotatable bonds is 6. The Morgan fingerprint density at radius 2 is 2.00 bits per heavy atom. The average Bonchev–Trinajstić information content (AvgIpc) is 2.69. The van der Waals surface area contributed by atoms with E-state index in [1.807, 2.05) is 0 Å². The Balaban J connectivity index is 2.14. The van der Waals surface area contributed by atoms with Gasteiger partial charge in [0, 0.05) is 37.1 Å². The van der Waals surface area contributed by atoms with Crippen molar-refractivity contribution in [1.29, 1.82) is 0 Å². The monoisotopic (exact) mass is 436 g/mol. The number of oxime groups is 1. The lowest BCUT2D eigenvalue weighted by Crippen LogP contribution is -2.47. The zero-order valence-corrected chi connectivity index (χ0v) is 18.6. The summed E-state index contributed by atoms with van der Waals surface area (Å²) in [6, 6.07) is 1.28. The highest BCUT2D eigenvalue weighted by Gasteiger charge is 2.40. The van der Waals surface area contributed by atoms with Crippen LogP contribution in [0.2, 0.25) is 0 Å². The van der Waals surface area contributed by atoms with E-state index < -0.39 is 15.8 Å². The SMILES string of the molecule is COCNC1CCCC(=O)C1C(=O)c1cc(C)c2c(c1C)C(=NOC)CCS2(=O)=O. The molecule has 1 saturated carbocycles. The van der Waals surface area contributed by atoms with E-state index in [9.17, 15) is 18.0 Å². The maximum atomic E-state index is 13.5. The minimum atomic E-state index is -3.49. The molecule has 0 radical (unpaired) electrons. The molecule has 1 aliphatic carbocycles. The van der Waals surface area contributed by atoms with Gasteiger partial charge in [-0.1, -0.05) is 5.16 Å². The summed E-state index contributed by atoms with van der Waals surface area (Å²) in [7, 11) is -0.544. The summed E-state index contributed by atoms with van der Waals surface area (Å²) in [5, 5.41) is 7.16. The molecule has 1 N–H and O–H groups in total. The lowest BCUT2D eigenvalue weighted by molar-refractivity contribution is -0.124. The van der Waals surface area contributed by atoms with E-state index in [2.05, 4.69) is 10.5 Å². The first-order chi connectivity index (χ1) is 14.2. The Hall–Kier alpha value is -2.10. The number of benzene rings is 1. The van der Waals surface area contributed by atoms with Crippen LogP contribution in [0, 0.1) is 19.8 Å². The largest absolute Gasteiger partial charge is 0.399 e. The summed E-state index contributed by atoms with van der Waals surface area (Å²) in [4.78, 5) is 31.4. The van der Waals surface area contributed by atoms with Crippen LogP contribution in [0.1, 0.15) is 52.7 Å². The Morgan fingerprint density at radius 1 is 1.27 bits per heavy atom. The van der Waals surface area contributed by atoms with Crippen LogP contribution in [-0.2, 0) is 24.2 Å². The summed E-state index contributed by atoms with van der Waals surface area (Å²) in [5.74, 6) is -1.28. The third-order valence-corrected chi connectivity index (χ3v) is 7.75. The molecule has 1 aliphatic heterocycles. The highest BCUT2D eigenvalue weighted by molar-refractivity contribution is 7.91. The second-order valence-corrected chi connectivity index (χ2v) is 9.85. The number of aryl methyl sites for hydroxylation is 1. The van der Waals surface area contributed by atoms with Crippen molar-refractivity contribution in [1.82, 2.24) is 5.32 Å². The smallest absolute Gasteiger partial charge is 0.179 e. The number of carbonyl (C=O) groups excluding carboxylic acids is 2. The van der Waals surface area contributed by atoms with Gasteiger partial charge in [-0.15, -0.1) is 0 Å². The van der Waals surface area contributed by atoms with E-state index in [0.717, 1.165) is 6.42 Å². The Kier molecular flexibility index (Phi) is 6.74. The molecule has 0 amide bonds. The van der Waals surface area contributed by atoms with Gasteiger partial charge in [-0.2, -0.15) is 0 Å². The Morgan fingerprint density at radius 3 is 2.67 bits per heavy atom. The zero-order valence-electron chi connectivity index (χ0n) is 17.8. The lowest BCUT2D eigenvalue weighted by atomic mass is 9.77. The molecule has 1 aromatic carbocycles. The first kappa shape index (κ1) is 22.6. The molecule has 0 bridgehead atoms. The van der Waals surface area contributed by atoms with Gasteiger partial charge in [-0.3, -0.25) is 14.9 Å². The molecule has 2 aliphatic rings. The molecule has 30 heavy (non-hydrogen) atoms. The van der Waals surface area contributed by atoms with Crippen molar-refractivity contribution in [3.8, 4) is 0 Å². The lowest BCUT2D eigenvalue weighted by Gasteiger charge is -2.31. The minimum absolute atomic E-state index is 0.0557. The van der Waals surface area contributed by atoms with Gasteiger partial charge >= 0.3 is 0 Å². The van der Waals surface area contributed by atoms with Crippen molar-refractivity contribution >= 4 is 27.1 Å². The number of carbonyl (C=O) groups is 2. The number of fused-ring (bicyclic) bond motifs is 1. The topological polar surface area (TPSA) is 111 Å². The van der Waals surface area contributed by atoms with Crippen molar-refractivity contribution in [2.45, 2.75) is 50.5 Å². The highest BCUT2D eigenvalue weighted by atomic mass is 32.2. The van der Waals surface area contributed by atoms with Crippen LogP contribution < -0.4 is 5.32 Å². The molecular weight excluding hydrogens is 408 g/mol. The predicted octanol–water partition coefficient (Wildman–Crippen LogP) is 1.95. The number of Topliss-reactive ketones (excluding diaryl/α,β-unsaturated/α-hetero) is 2. The molecule has 1 aromatic rings. The maximum Gasteiger partial charge on any atom is 0.179 e. The first-order valence-electron chi connectivity index (χ1n) is 9.99. The van der Waals surface area contributed by atoms with E-state index in [-0.39, 0.29) is 41.4 Å². The quantitative estimate of drug-likeness (QED) is 0.314. The number of methoxy groups -OCH3 is 1. The number of nitrogens with zero attached hydrogens (tertiary/aromatic N) is 1. The fraction of sp³-hybridized carbons (Fsp3) is 0.571. The fourth-order valence-electron chi connectivity index (χ4n) is 4.51. The van der Waals surface area contributed by atoms with Crippen LogP contribution in [0.3, 0.4) is 0 Å². The summed E-state index contributed by atoms with van der Waals surface area (Å²) in [6.07, 6.45) is 1.98. The molecule has 2 atom stereocenters. The summed E-state index contributed by atoms with van der Waals surface area (Å²) in [6.45, 7) is 3.63. The zero-order chi connectivity index (χ0) is 22.1. The highest BCUT2D eigenvalue weighted by Crippen LogP contribution is 2.35. The molecule has 0 aromatic heterocycles. The maximum absolute atomic E-state index is 13.5. The van der Waals surface area contributed by atoms with Gasteiger partial charge in [0.25, 0.3) is 0 Å². The molecule has 3 rings (SSSR count). The van der Waals surface area contributed by atoms with Crippen molar-refractivity contribution in [2.75, 3.05) is 26.7 Å². The molecule has 1 fully saturated rings. The van der Waals surface area contributed by atoms with Gasteiger partial charge in [0.05, 0.1) is 29.0 Å². The number of sulfone groups is 1. The van der Waals surface area contributed by atoms with E-state index >= 15 is 0 Å². The van der Waals surface area contributed by atoms with Crippen LogP contribution in [0.4, 0.5) is 0 Å². The molecule has 1 heterocycles. The van der Waals surface area contributed by atoms with Crippen LogP contribution >= 0.6 is 0 Å². The van der Waals surface area contributed by atoms with Gasteiger partial charge in [-0.05, 0) is 43.9 Å². The minimum Gasteiger partial charge on any atom is -0.399 e. The second kappa shape index (κ2) is 8.95. The fourth-order valence-corrected chi connectivity index (χ4v) is 6.30. The second-order valence-electron chi connectivity index (χ2n) is 7.80. The summed E-state index contributed by atoms with van der Waals surface area (Å²) in [5.41, 5.74) is 2.28. The number of ether oxygens (including phenoxy) is 1. The number of hydrogen-bond donors (Lipinski definition) is 1. The van der Waals surface area contributed by atoms with Crippen molar-refractivity contribution in [2.24, 2.45) is 11.1 Å². The summed E-state index contributed by atoms with van der Waals surface area (Å²) < 4.78 is 30.5. The van der Waals surface area contributed by atoms with Crippen molar-refractivity contribution in [3.63, 3.8) is 0 Å². The van der Waals surface area contributed by atoms with Gasteiger partial charge < -0.3 is 9.57 Å². The van der Waals surface area contributed by atoms with Crippen molar-refractivity contribution in [3.05, 3.63) is 28.3 Å². The van der Waals surface area contributed by atoms with Gasteiger partial charge in [0.2, 0.25) is 0 Å². The molecule has 2 unspecified atom stereocenters. The number of nitrogens with one attached hydrogen (secondary N) is 1. The molecule has 0 spiro atoms. The number of hydrogen-bond acceptors (Lipinski definition) is 8. The molecule has 164 valence electrons. The van der Waals surface area contributed by atoms with Crippen molar-refractivity contribution < 1.29 is 27.6 Å².